The molecule has 0 saturated carbocycles. The van der Waals surface area contributed by atoms with Crippen molar-refractivity contribution in [3.63, 3.8) is 0 Å². The summed E-state index contributed by atoms with van der Waals surface area (Å²) in [6.45, 7) is 4.78. The van der Waals surface area contributed by atoms with Crippen molar-refractivity contribution in [1.29, 1.82) is 0 Å². The van der Waals surface area contributed by atoms with Gasteiger partial charge in [-0.3, -0.25) is 0 Å². The summed E-state index contributed by atoms with van der Waals surface area (Å²) < 4.78 is 1.40. The smallest absolute Gasteiger partial charge is 0.160 e. The Balaban J connectivity index is 1.11. The fraction of sp³-hybridized carbons (Fsp3) is 0.163. The summed E-state index contributed by atoms with van der Waals surface area (Å²) in [6.07, 6.45) is 15.6. The van der Waals surface area contributed by atoms with Gasteiger partial charge in [-0.1, -0.05) is 111 Å². The van der Waals surface area contributed by atoms with Crippen molar-refractivity contribution in [3.05, 3.63) is 149 Å². The van der Waals surface area contributed by atoms with Gasteiger partial charge in [0.05, 0.1) is 27.8 Å². The molecule has 2 atom stereocenters. The average Bonchev–Trinajstić information content (AvgIpc) is 3.75. The van der Waals surface area contributed by atoms with Crippen molar-refractivity contribution in [2.24, 2.45) is 0 Å². The molecule has 3 nitrogen and oxygen atoms in total. The first kappa shape index (κ1) is 27.1. The van der Waals surface area contributed by atoms with Crippen molar-refractivity contribution < 1.29 is 0 Å². The Bertz CT molecular complexity index is 2340. The van der Waals surface area contributed by atoms with Crippen LogP contribution < -0.4 is 4.90 Å². The number of allylic oxidation sites excluding steroid dienone is 3. The minimum absolute atomic E-state index is 0.0290. The lowest BCUT2D eigenvalue weighted by Crippen LogP contribution is -2.28. The first-order chi connectivity index (χ1) is 23.1. The van der Waals surface area contributed by atoms with E-state index in [9.17, 15) is 0 Å². The molecule has 0 spiro atoms. The Morgan fingerprint density at radius 2 is 1.62 bits per heavy atom. The second kappa shape index (κ2) is 9.97. The zero-order chi connectivity index (χ0) is 31.3. The molecule has 4 aliphatic rings. The normalized spacial score (nSPS) is 19.4. The molecular formula is C43H33N3S. The van der Waals surface area contributed by atoms with E-state index in [-0.39, 0.29) is 11.5 Å². The van der Waals surface area contributed by atoms with Crippen LogP contribution in [0.15, 0.2) is 121 Å². The number of thiophene rings is 1. The highest BCUT2D eigenvalue weighted by atomic mass is 32.1. The van der Waals surface area contributed by atoms with Gasteiger partial charge in [0.1, 0.15) is 0 Å². The van der Waals surface area contributed by atoms with E-state index in [0.29, 0.717) is 5.92 Å². The molecular weight excluding hydrogens is 591 g/mol. The third-order valence-corrected chi connectivity index (χ3v) is 11.9. The van der Waals surface area contributed by atoms with E-state index >= 15 is 0 Å². The molecule has 0 saturated heterocycles. The quantitative estimate of drug-likeness (QED) is 0.196. The highest BCUT2D eigenvalue weighted by Gasteiger charge is 2.43. The molecule has 2 aromatic heterocycles. The molecule has 226 valence electrons. The molecule has 0 amide bonds. The van der Waals surface area contributed by atoms with Crippen molar-refractivity contribution in [3.8, 4) is 33.1 Å². The summed E-state index contributed by atoms with van der Waals surface area (Å²) in [5, 5.41) is 1.39. The van der Waals surface area contributed by atoms with E-state index in [2.05, 4.69) is 146 Å². The number of hydrogen-bond donors (Lipinski definition) is 0. The zero-order valence-corrected chi connectivity index (χ0v) is 27.3. The summed E-state index contributed by atoms with van der Waals surface area (Å²) >= 11 is 1.98. The molecule has 3 heterocycles. The van der Waals surface area contributed by atoms with Crippen molar-refractivity contribution in [2.75, 3.05) is 4.90 Å². The lowest BCUT2D eigenvalue weighted by atomic mass is 9.81. The fourth-order valence-electron chi connectivity index (χ4n) is 8.47. The van der Waals surface area contributed by atoms with Crippen LogP contribution in [0.2, 0.25) is 0 Å². The first-order valence-electron chi connectivity index (χ1n) is 16.7. The second-order valence-electron chi connectivity index (χ2n) is 13.6. The predicted molar refractivity (Wildman–Crippen MR) is 197 cm³/mol. The molecule has 4 heteroatoms. The van der Waals surface area contributed by atoms with E-state index in [4.69, 9.17) is 9.97 Å². The van der Waals surface area contributed by atoms with Gasteiger partial charge in [0.15, 0.2) is 5.82 Å². The molecule has 1 aliphatic heterocycles. The Hall–Kier alpha value is -5.06. The van der Waals surface area contributed by atoms with Gasteiger partial charge in [0, 0.05) is 38.6 Å². The molecule has 10 rings (SSSR count). The van der Waals surface area contributed by atoms with Gasteiger partial charge in [0.2, 0.25) is 0 Å². The Morgan fingerprint density at radius 1 is 0.809 bits per heavy atom. The third-order valence-electron chi connectivity index (χ3n) is 10.7. The number of anilines is 2. The standard InChI is InChI=1S/C43H33N3S/c1-43(2)34-17-9-6-15-31(34)40-37(43)33-25-24-30-29-14-8-11-19-36(29)46(39(30)41(33)47-40)28-22-20-27(21-23-28)42-44-35-18-10-7-16-32(35)38(45-42)26-12-4-3-5-13-26/h3-6,8-15,17-25,29,36H,7,16H2,1-2H3. The summed E-state index contributed by atoms with van der Waals surface area (Å²) in [7, 11) is 0. The van der Waals surface area contributed by atoms with Crippen LogP contribution >= 0.6 is 11.3 Å². The molecule has 3 aliphatic carbocycles. The van der Waals surface area contributed by atoms with Gasteiger partial charge in [-0.05, 0) is 70.8 Å². The highest BCUT2D eigenvalue weighted by Crippen LogP contribution is 2.60. The number of fused-ring (bicyclic) bond motifs is 10. The van der Waals surface area contributed by atoms with E-state index in [0.717, 1.165) is 41.2 Å². The largest absolute Gasteiger partial charge is 0.332 e. The maximum atomic E-state index is 5.18. The molecule has 0 N–H and O–H groups in total. The third kappa shape index (κ3) is 3.85. The lowest BCUT2D eigenvalue weighted by molar-refractivity contribution is 0.667. The number of benzene rings is 4. The van der Waals surface area contributed by atoms with Gasteiger partial charge in [-0.15, -0.1) is 11.3 Å². The van der Waals surface area contributed by atoms with Crippen LogP contribution in [0.1, 0.15) is 54.1 Å². The monoisotopic (exact) mass is 623 g/mol. The maximum absolute atomic E-state index is 5.18. The van der Waals surface area contributed by atoms with Crippen molar-refractivity contribution >= 4 is 38.9 Å². The molecule has 4 aromatic carbocycles. The van der Waals surface area contributed by atoms with E-state index < -0.39 is 0 Å². The maximum Gasteiger partial charge on any atom is 0.160 e. The van der Waals surface area contributed by atoms with Crippen molar-refractivity contribution in [2.45, 2.75) is 44.1 Å². The average molecular weight is 624 g/mol. The van der Waals surface area contributed by atoms with Gasteiger partial charge in [-0.2, -0.15) is 0 Å². The Kier molecular flexibility index (Phi) is 5.75. The molecule has 2 unspecified atom stereocenters. The second-order valence-corrected chi connectivity index (χ2v) is 14.6. The Morgan fingerprint density at radius 3 is 2.49 bits per heavy atom. The van der Waals surface area contributed by atoms with Crippen LogP contribution in [0.25, 0.3) is 49.2 Å². The number of aromatic nitrogens is 2. The van der Waals surface area contributed by atoms with Gasteiger partial charge >= 0.3 is 0 Å². The molecule has 0 bridgehead atoms. The predicted octanol–water partition coefficient (Wildman–Crippen LogP) is 11.0. The van der Waals surface area contributed by atoms with Crippen LogP contribution in [0.4, 0.5) is 11.4 Å². The fourth-order valence-corrected chi connectivity index (χ4v) is 10.0. The van der Waals surface area contributed by atoms with Crippen LogP contribution in [0, 0.1) is 0 Å². The minimum atomic E-state index is -0.0290. The SMILES string of the molecule is CC1(C)c2ccccc2-c2sc3c4c(ccc3c21)C1C=CC=CC1N4c1ccc(-c2nc3c(c(-c4ccccc4)n2)CCC=C3)cc1. The molecule has 6 aromatic rings. The van der Waals surface area contributed by atoms with Crippen molar-refractivity contribution in [1.82, 2.24) is 9.97 Å². The van der Waals surface area contributed by atoms with Crippen LogP contribution in [-0.2, 0) is 11.8 Å². The topological polar surface area (TPSA) is 29.0 Å². The van der Waals surface area contributed by atoms with Gasteiger partial charge < -0.3 is 4.90 Å². The Labute approximate surface area is 279 Å². The lowest BCUT2D eigenvalue weighted by Gasteiger charge is -2.29. The zero-order valence-electron chi connectivity index (χ0n) is 26.4. The number of hydrogen-bond acceptors (Lipinski definition) is 4. The molecule has 0 radical (unpaired) electrons. The first-order valence-corrected chi connectivity index (χ1v) is 17.5. The molecule has 0 fully saturated rings. The van der Waals surface area contributed by atoms with Crippen LogP contribution in [0.5, 0.6) is 0 Å². The summed E-state index contributed by atoms with van der Waals surface area (Å²) in [5.41, 5.74) is 13.8. The van der Waals surface area contributed by atoms with Crippen LogP contribution in [-0.4, -0.2) is 16.0 Å². The number of rotatable bonds is 3. The van der Waals surface area contributed by atoms with E-state index in [1.54, 1.807) is 0 Å². The van der Waals surface area contributed by atoms with Crippen LogP contribution in [0.3, 0.4) is 0 Å². The van der Waals surface area contributed by atoms with Gasteiger partial charge in [0.25, 0.3) is 0 Å². The summed E-state index contributed by atoms with van der Waals surface area (Å²) in [6, 6.07) is 33.5. The van der Waals surface area contributed by atoms with E-state index in [1.807, 2.05) is 11.3 Å². The van der Waals surface area contributed by atoms with E-state index in [1.165, 1.54) is 54.2 Å². The number of nitrogens with zero attached hydrogens (tertiary/aromatic N) is 3. The minimum Gasteiger partial charge on any atom is -0.332 e. The molecule has 47 heavy (non-hydrogen) atoms. The highest BCUT2D eigenvalue weighted by molar-refractivity contribution is 7.23. The summed E-state index contributed by atoms with van der Waals surface area (Å²) in [4.78, 5) is 14.3. The van der Waals surface area contributed by atoms with Gasteiger partial charge in [-0.25, -0.2) is 9.97 Å². The summed E-state index contributed by atoms with van der Waals surface area (Å²) in [5.74, 6) is 1.10.